The Balaban J connectivity index is 0.00000147. The van der Waals surface area contributed by atoms with Crippen LogP contribution in [0.1, 0.15) is 16.8 Å². The fourth-order valence-electron chi connectivity index (χ4n) is 2.75. The predicted molar refractivity (Wildman–Crippen MR) is 87.0 cm³/mol. The number of hydrogen-bond donors (Lipinski definition) is 1. The third kappa shape index (κ3) is 2.97. The molecule has 1 aromatic carbocycles. The van der Waals surface area contributed by atoms with E-state index in [0.29, 0.717) is 5.92 Å². The summed E-state index contributed by atoms with van der Waals surface area (Å²) in [4.78, 5) is 14.5. The van der Waals surface area contributed by atoms with Crippen LogP contribution in [0.25, 0.3) is 10.1 Å². The largest absolute Gasteiger partial charge is 0.338 e. The highest BCUT2D eigenvalue weighted by molar-refractivity contribution is 7.17. The number of thiophene rings is 1. The Bertz CT molecular complexity index is 598. The van der Waals surface area contributed by atoms with Gasteiger partial charge in [-0.25, -0.2) is 0 Å². The second kappa shape index (κ2) is 6.57. The van der Waals surface area contributed by atoms with E-state index in [9.17, 15) is 4.79 Å². The zero-order chi connectivity index (χ0) is 13.2. The summed E-state index contributed by atoms with van der Waals surface area (Å²) in [6.07, 6.45) is 1.10. The van der Waals surface area contributed by atoms with Crippen molar-refractivity contribution in [1.82, 2.24) is 10.2 Å². The Kier molecular flexibility index (Phi) is 5.02. The van der Waals surface area contributed by atoms with Gasteiger partial charge in [-0.3, -0.25) is 4.79 Å². The molecule has 2 aromatic rings. The normalized spacial score (nSPS) is 18.2. The van der Waals surface area contributed by atoms with E-state index in [0.717, 1.165) is 31.6 Å². The first-order valence-corrected chi connectivity index (χ1v) is 7.57. The van der Waals surface area contributed by atoms with E-state index in [2.05, 4.69) is 16.8 Å². The van der Waals surface area contributed by atoms with Gasteiger partial charge >= 0.3 is 0 Å². The first kappa shape index (κ1) is 15.3. The smallest absolute Gasteiger partial charge is 0.253 e. The molecule has 2 heterocycles. The van der Waals surface area contributed by atoms with Crippen LogP contribution in [-0.4, -0.2) is 37.5 Å². The fourth-order valence-corrected chi connectivity index (χ4v) is 3.53. The van der Waals surface area contributed by atoms with Crippen molar-refractivity contribution in [2.75, 3.05) is 26.7 Å². The van der Waals surface area contributed by atoms with Gasteiger partial charge < -0.3 is 10.2 Å². The van der Waals surface area contributed by atoms with Gasteiger partial charge in [-0.2, -0.15) is 0 Å². The zero-order valence-corrected chi connectivity index (χ0v) is 13.1. The minimum absolute atomic E-state index is 0. The second-order valence-corrected chi connectivity index (χ2v) is 6.08. The molecule has 1 unspecified atom stereocenters. The van der Waals surface area contributed by atoms with Crippen molar-refractivity contribution in [1.29, 1.82) is 0 Å². The van der Waals surface area contributed by atoms with Crippen LogP contribution in [0, 0.1) is 5.92 Å². The molecule has 0 spiro atoms. The average molecular weight is 311 g/mol. The summed E-state index contributed by atoms with van der Waals surface area (Å²) in [5, 5.41) is 6.43. The number of benzene rings is 1. The van der Waals surface area contributed by atoms with Crippen molar-refractivity contribution in [3.05, 3.63) is 35.2 Å². The van der Waals surface area contributed by atoms with Crippen LogP contribution >= 0.6 is 23.7 Å². The molecule has 0 bridgehead atoms. The Morgan fingerprint density at radius 1 is 1.45 bits per heavy atom. The minimum Gasteiger partial charge on any atom is -0.338 e. The third-order valence-corrected chi connectivity index (χ3v) is 4.66. The van der Waals surface area contributed by atoms with Gasteiger partial charge in [0.2, 0.25) is 0 Å². The maximum Gasteiger partial charge on any atom is 0.253 e. The quantitative estimate of drug-likeness (QED) is 0.945. The van der Waals surface area contributed by atoms with E-state index >= 15 is 0 Å². The number of fused-ring (bicyclic) bond motifs is 1. The van der Waals surface area contributed by atoms with Crippen molar-refractivity contribution < 1.29 is 4.79 Å². The first-order valence-electron chi connectivity index (χ1n) is 6.69. The number of amides is 1. The molecule has 1 amide bonds. The van der Waals surface area contributed by atoms with E-state index in [1.165, 1.54) is 10.1 Å². The zero-order valence-electron chi connectivity index (χ0n) is 11.5. The summed E-state index contributed by atoms with van der Waals surface area (Å²) in [7, 11) is 1.97. The number of carbonyl (C=O) groups is 1. The van der Waals surface area contributed by atoms with Crippen molar-refractivity contribution in [3.8, 4) is 0 Å². The first-order chi connectivity index (χ1) is 9.28. The number of hydrogen-bond acceptors (Lipinski definition) is 3. The number of likely N-dealkylation sites (tertiary alicyclic amines) is 1. The number of halogens is 1. The van der Waals surface area contributed by atoms with Crippen LogP contribution < -0.4 is 5.32 Å². The molecule has 1 atom stereocenters. The van der Waals surface area contributed by atoms with Crippen LogP contribution in [0.15, 0.2) is 29.6 Å². The lowest BCUT2D eigenvalue weighted by atomic mass is 10.1. The number of nitrogens with zero attached hydrogens (tertiary/aromatic N) is 1. The molecule has 20 heavy (non-hydrogen) atoms. The average Bonchev–Trinajstić information content (AvgIpc) is 3.05. The molecule has 1 aliphatic rings. The summed E-state index contributed by atoms with van der Waals surface area (Å²) in [6.45, 7) is 2.75. The Hall–Kier alpha value is -1.10. The van der Waals surface area contributed by atoms with Gasteiger partial charge in [-0.05, 0) is 61.0 Å². The van der Waals surface area contributed by atoms with Gasteiger partial charge in [-0.1, -0.05) is 0 Å². The van der Waals surface area contributed by atoms with Gasteiger partial charge in [-0.15, -0.1) is 23.7 Å². The van der Waals surface area contributed by atoms with Gasteiger partial charge in [0.25, 0.3) is 5.91 Å². The Morgan fingerprint density at radius 3 is 3.10 bits per heavy atom. The molecule has 1 aliphatic heterocycles. The molecule has 3 nitrogen and oxygen atoms in total. The SMILES string of the molecule is CNCC1CCN(C(=O)c2ccc3sccc3c2)C1.Cl. The molecule has 3 rings (SSSR count). The molecule has 5 heteroatoms. The van der Waals surface area contributed by atoms with Gasteiger partial charge in [0.1, 0.15) is 0 Å². The molecule has 1 saturated heterocycles. The molecule has 0 radical (unpaired) electrons. The third-order valence-electron chi connectivity index (χ3n) is 3.77. The lowest BCUT2D eigenvalue weighted by Crippen LogP contribution is -2.30. The van der Waals surface area contributed by atoms with E-state index in [1.54, 1.807) is 11.3 Å². The van der Waals surface area contributed by atoms with Gasteiger partial charge in [0.15, 0.2) is 0 Å². The minimum atomic E-state index is 0. The highest BCUT2D eigenvalue weighted by atomic mass is 35.5. The van der Waals surface area contributed by atoms with Crippen LogP contribution in [-0.2, 0) is 0 Å². The van der Waals surface area contributed by atoms with E-state index in [1.807, 2.05) is 30.1 Å². The summed E-state index contributed by atoms with van der Waals surface area (Å²) in [6, 6.07) is 8.09. The molecular formula is C15H19ClN2OS. The van der Waals surface area contributed by atoms with Crippen LogP contribution in [0.5, 0.6) is 0 Å². The predicted octanol–water partition coefficient (Wildman–Crippen LogP) is 3.00. The number of rotatable bonds is 3. The van der Waals surface area contributed by atoms with Crippen LogP contribution in [0.4, 0.5) is 0 Å². The molecule has 108 valence electrons. The lowest BCUT2D eigenvalue weighted by molar-refractivity contribution is 0.0787. The van der Waals surface area contributed by atoms with Crippen LogP contribution in [0.3, 0.4) is 0 Å². The number of carbonyl (C=O) groups excluding carboxylic acids is 1. The van der Waals surface area contributed by atoms with E-state index < -0.39 is 0 Å². The highest BCUT2D eigenvalue weighted by Gasteiger charge is 2.26. The number of nitrogens with one attached hydrogen (secondary N) is 1. The summed E-state index contributed by atoms with van der Waals surface area (Å²) in [5.74, 6) is 0.769. The molecule has 1 fully saturated rings. The Labute approximate surface area is 129 Å². The maximum atomic E-state index is 12.5. The van der Waals surface area contributed by atoms with E-state index in [4.69, 9.17) is 0 Å². The topological polar surface area (TPSA) is 32.3 Å². The summed E-state index contributed by atoms with van der Waals surface area (Å²) >= 11 is 1.71. The molecule has 0 aliphatic carbocycles. The molecule has 1 aromatic heterocycles. The molecular weight excluding hydrogens is 292 g/mol. The molecule has 1 N–H and O–H groups in total. The Morgan fingerprint density at radius 2 is 2.30 bits per heavy atom. The maximum absolute atomic E-state index is 12.5. The molecule has 0 saturated carbocycles. The van der Waals surface area contributed by atoms with E-state index in [-0.39, 0.29) is 18.3 Å². The van der Waals surface area contributed by atoms with Crippen LogP contribution in [0.2, 0.25) is 0 Å². The van der Waals surface area contributed by atoms with Crippen molar-refractivity contribution >= 4 is 39.7 Å². The van der Waals surface area contributed by atoms with Crippen molar-refractivity contribution in [2.45, 2.75) is 6.42 Å². The van der Waals surface area contributed by atoms with Crippen molar-refractivity contribution in [3.63, 3.8) is 0 Å². The lowest BCUT2D eigenvalue weighted by Gasteiger charge is -2.16. The van der Waals surface area contributed by atoms with Gasteiger partial charge in [0.05, 0.1) is 0 Å². The standard InChI is InChI=1S/C15H18N2OS.ClH/c1-16-9-11-4-6-17(10-11)15(18)13-2-3-14-12(8-13)5-7-19-14;/h2-3,5,7-8,11,16H,4,6,9-10H2,1H3;1H. The highest BCUT2D eigenvalue weighted by Crippen LogP contribution is 2.24. The summed E-state index contributed by atoms with van der Waals surface area (Å²) in [5.41, 5.74) is 0.816. The monoisotopic (exact) mass is 310 g/mol. The van der Waals surface area contributed by atoms with Gasteiger partial charge in [0, 0.05) is 23.4 Å². The van der Waals surface area contributed by atoms with Crippen molar-refractivity contribution in [2.24, 2.45) is 5.92 Å². The fraction of sp³-hybridized carbons (Fsp3) is 0.400. The second-order valence-electron chi connectivity index (χ2n) is 5.14. The summed E-state index contributed by atoms with van der Waals surface area (Å²) < 4.78 is 1.24.